The second kappa shape index (κ2) is 9.09. The minimum Gasteiger partial charge on any atom is -0.357 e. The fourth-order valence-electron chi connectivity index (χ4n) is 1.66. The van der Waals surface area contributed by atoms with Crippen LogP contribution in [0.25, 0.3) is 0 Å². The van der Waals surface area contributed by atoms with Crippen LogP contribution >= 0.6 is 0 Å². The first-order chi connectivity index (χ1) is 10.8. The van der Waals surface area contributed by atoms with Crippen molar-refractivity contribution in [1.82, 2.24) is 10.6 Å². The van der Waals surface area contributed by atoms with Crippen LogP contribution in [0.3, 0.4) is 0 Å². The summed E-state index contributed by atoms with van der Waals surface area (Å²) in [6.45, 7) is 7.82. The van der Waals surface area contributed by atoms with Gasteiger partial charge in [0.05, 0.1) is 12.1 Å². The Morgan fingerprint density at radius 2 is 2.00 bits per heavy atom. The third-order valence-electron chi connectivity index (χ3n) is 2.73. The maximum atomic E-state index is 12.6. The Bertz CT molecular complexity index is 581. The summed E-state index contributed by atoms with van der Waals surface area (Å²) in [5, 5.41) is 6.12. The molecule has 2 N–H and O–H groups in total. The zero-order valence-corrected chi connectivity index (χ0v) is 13.6. The number of benzene rings is 1. The van der Waals surface area contributed by atoms with Gasteiger partial charge in [-0.25, -0.2) is 0 Å². The molecule has 0 saturated carbocycles. The van der Waals surface area contributed by atoms with Crippen molar-refractivity contribution < 1.29 is 13.2 Å². The van der Waals surface area contributed by atoms with E-state index in [2.05, 4.69) is 41.3 Å². The minimum atomic E-state index is -4.35. The molecule has 0 amide bonds. The Kier molecular flexibility index (Phi) is 7.46. The van der Waals surface area contributed by atoms with E-state index in [-0.39, 0.29) is 0 Å². The molecule has 23 heavy (non-hydrogen) atoms. The summed E-state index contributed by atoms with van der Waals surface area (Å²) >= 11 is 0. The van der Waals surface area contributed by atoms with Crippen LogP contribution in [-0.4, -0.2) is 25.6 Å². The van der Waals surface area contributed by atoms with Crippen molar-refractivity contribution in [2.45, 2.75) is 26.9 Å². The van der Waals surface area contributed by atoms with E-state index >= 15 is 0 Å². The van der Waals surface area contributed by atoms with E-state index in [1.54, 1.807) is 6.07 Å². The van der Waals surface area contributed by atoms with Gasteiger partial charge >= 0.3 is 6.18 Å². The predicted molar refractivity (Wildman–Crippen MR) is 87.1 cm³/mol. The highest BCUT2D eigenvalue weighted by atomic mass is 19.4. The van der Waals surface area contributed by atoms with Gasteiger partial charge in [-0.2, -0.15) is 13.2 Å². The first kappa shape index (κ1) is 18.9. The third kappa shape index (κ3) is 7.59. The van der Waals surface area contributed by atoms with E-state index in [4.69, 9.17) is 0 Å². The maximum Gasteiger partial charge on any atom is 0.416 e. The van der Waals surface area contributed by atoms with Crippen molar-refractivity contribution in [3.8, 4) is 11.8 Å². The van der Waals surface area contributed by atoms with E-state index in [0.717, 1.165) is 18.7 Å². The molecule has 6 heteroatoms. The van der Waals surface area contributed by atoms with Gasteiger partial charge in [0.2, 0.25) is 0 Å². The second-order valence-electron chi connectivity index (χ2n) is 5.35. The van der Waals surface area contributed by atoms with Crippen molar-refractivity contribution in [3.05, 3.63) is 35.4 Å². The number of halogens is 3. The molecule has 0 atom stereocenters. The molecule has 126 valence electrons. The van der Waals surface area contributed by atoms with Gasteiger partial charge in [0.1, 0.15) is 0 Å². The largest absolute Gasteiger partial charge is 0.416 e. The maximum absolute atomic E-state index is 12.6. The van der Waals surface area contributed by atoms with Gasteiger partial charge < -0.3 is 10.6 Å². The van der Waals surface area contributed by atoms with E-state index in [1.807, 2.05) is 6.92 Å². The normalized spacial score (nSPS) is 11.9. The standard InChI is InChI=1S/C17H22F3N3/c1-4-21-16(23-12-13(2)3)22-10-6-8-14-7-5-9-15(11-14)17(18,19)20/h5,7,9,11,13H,4,10,12H2,1-3H3,(H2,21,22,23). The summed E-state index contributed by atoms with van der Waals surface area (Å²) in [5.74, 6) is 6.63. The molecule has 0 aliphatic carbocycles. The van der Waals surface area contributed by atoms with Crippen LogP contribution in [0, 0.1) is 17.8 Å². The van der Waals surface area contributed by atoms with Crippen molar-refractivity contribution in [2.75, 3.05) is 19.6 Å². The topological polar surface area (TPSA) is 36.4 Å². The SMILES string of the molecule is CCNC(=NCC(C)C)NCC#Cc1cccc(C(F)(F)F)c1. The van der Waals surface area contributed by atoms with Gasteiger partial charge in [-0.15, -0.1) is 0 Å². The van der Waals surface area contributed by atoms with Crippen LogP contribution in [0.4, 0.5) is 13.2 Å². The average molecular weight is 325 g/mol. The van der Waals surface area contributed by atoms with E-state index in [0.29, 0.717) is 30.5 Å². The van der Waals surface area contributed by atoms with Crippen LogP contribution in [0.15, 0.2) is 29.3 Å². The highest BCUT2D eigenvalue weighted by Crippen LogP contribution is 2.29. The van der Waals surface area contributed by atoms with Crippen LogP contribution in [0.1, 0.15) is 31.9 Å². The zero-order chi connectivity index (χ0) is 17.3. The van der Waals surface area contributed by atoms with Crippen molar-refractivity contribution >= 4 is 5.96 Å². The number of rotatable bonds is 4. The van der Waals surface area contributed by atoms with Crippen molar-refractivity contribution in [3.63, 3.8) is 0 Å². The smallest absolute Gasteiger partial charge is 0.357 e. The van der Waals surface area contributed by atoms with Crippen LogP contribution in [-0.2, 0) is 6.18 Å². The highest BCUT2D eigenvalue weighted by molar-refractivity contribution is 5.80. The van der Waals surface area contributed by atoms with Crippen LogP contribution in [0.2, 0.25) is 0 Å². The number of nitrogens with one attached hydrogen (secondary N) is 2. The summed E-state index contributed by atoms with van der Waals surface area (Å²) in [7, 11) is 0. The lowest BCUT2D eigenvalue weighted by molar-refractivity contribution is -0.137. The lowest BCUT2D eigenvalue weighted by atomic mass is 10.1. The molecule has 1 aromatic rings. The highest BCUT2D eigenvalue weighted by Gasteiger charge is 2.30. The summed E-state index contributed by atoms with van der Waals surface area (Å²) in [6, 6.07) is 4.99. The number of guanidine groups is 1. The first-order valence-corrected chi connectivity index (χ1v) is 7.51. The van der Waals surface area contributed by atoms with Crippen LogP contribution in [0.5, 0.6) is 0 Å². The molecule has 0 spiro atoms. The predicted octanol–water partition coefficient (Wildman–Crippen LogP) is 3.27. The second-order valence-corrected chi connectivity index (χ2v) is 5.35. The van der Waals surface area contributed by atoms with Gasteiger partial charge in [-0.1, -0.05) is 31.8 Å². The summed E-state index contributed by atoms with van der Waals surface area (Å²) in [4.78, 5) is 4.38. The molecule has 0 bridgehead atoms. The molecule has 0 aliphatic heterocycles. The Labute approximate surface area is 135 Å². The quantitative estimate of drug-likeness (QED) is 0.506. The molecule has 0 heterocycles. The van der Waals surface area contributed by atoms with E-state index < -0.39 is 11.7 Å². The molecule has 0 radical (unpaired) electrons. The molecule has 3 nitrogen and oxygen atoms in total. The fourth-order valence-corrected chi connectivity index (χ4v) is 1.66. The zero-order valence-electron chi connectivity index (χ0n) is 13.6. The number of alkyl halides is 3. The van der Waals surface area contributed by atoms with Gasteiger partial charge in [-0.3, -0.25) is 4.99 Å². The summed E-state index contributed by atoms with van der Waals surface area (Å²) < 4.78 is 37.8. The van der Waals surface area contributed by atoms with E-state index in [9.17, 15) is 13.2 Å². The number of hydrogen-bond acceptors (Lipinski definition) is 1. The molecule has 0 saturated heterocycles. The lowest BCUT2D eigenvalue weighted by Gasteiger charge is -2.09. The lowest BCUT2D eigenvalue weighted by Crippen LogP contribution is -2.37. The molecule has 1 rings (SSSR count). The molecule has 0 fully saturated rings. The van der Waals surface area contributed by atoms with Gasteiger partial charge in [-0.05, 0) is 31.0 Å². The van der Waals surface area contributed by atoms with E-state index in [1.165, 1.54) is 6.07 Å². The third-order valence-corrected chi connectivity index (χ3v) is 2.73. The van der Waals surface area contributed by atoms with Crippen molar-refractivity contribution in [1.29, 1.82) is 0 Å². The fraction of sp³-hybridized carbons (Fsp3) is 0.471. The van der Waals surface area contributed by atoms with Gasteiger partial charge in [0.25, 0.3) is 0 Å². The molecular weight excluding hydrogens is 303 g/mol. The number of hydrogen-bond donors (Lipinski definition) is 2. The average Bonchev–Trinajstić information content (AvgIpc) is 2.48. The monoisotopic (exact) mass is 325 g/mol. The molecular formula is C17H22F3N3. The Balaban J connectivity index is 2.65. The molecule has 0 unspecified atom stereocenters. The minimum absolute atomic E-state index is 0.306. The molecule has 0 aliphatic rings. The number of aliphatic imine (C=N–C) groups is 1. The Hall–Kier alpha value is -2.16. The Morgan fingerprint density at radius 3 is 2.61 bits per heavy atom. The first-order valence-electron chi connectivity index (χ1n) is 7.51. The van der Waals surface area contributed by atoms with Crippen molar-refractivity contribution in [2.24, 2.45) is 10.9 Å². The Morgan fingerprint density at radius 1 is 1.26 bits per heavy atom. The number of nitrogens with zero attached hydrogens (tertiary/aromatic N) is 1. The summed E-state index contributed by atoms with van der Waals surface area (Å²) in [6.07, 6.45) is -4.35. The van der Waals surface area contributed by atoms with Gasteiger partial charge in [0, 0.05) is 18.7 Å². The molecule has 0 aromatic heterocycles. The summed E-state index contributed by atoms with van der Waals surface area (Å²) in [5.41, 5.74) is -0.352. The van der Waals surface area contributed by atoms with Gasteiger partial charge in [0.15, 0.2) is 5.96 Å². The molecule has 1 aromatic carbocycles. The van der Waals surface area contributed by atoms with Crippen LogP contribution < -0.4 is 10.6 Å².